The molecule has 2 aromatic rings. The van der Waals surface area contributed by atoms with Gasteiger partial charge >= 0.3 is 0 Å². The topological polar surface area (TPSA) is 38.7 Å². The predicted molar refractivity (Wildman–Crippen MR) is 42.9 cm³/mol. The average Bonchev–Trinajstić information content (AvgIpc) is 2.21. The minimum absolute atomic E-state index is 0. The van der Waals surface area contributed by atoms with Gasteiger partial charge in [-0.25, -0.2) is 22.8 Å². The van der Waals surface area contributed by atoms with E-state index in [0.29, 0.717) is 0 Å². The number of nitrogens with zero attached hydrogens (tertiary/aromatic N) is 3. The first-order valence-electron chi connectivity index (χ1n) is 3.48. The summed E-state index contributed by atoms with van der Waals surface area (Å²) in [5.41, 5.74) is 1.55. The molecule has 0 unspecified atom stereocenters. The molecule has 2 heterocycles. The third kappa shape index (κ3) is 2.64. The van der Waals surface area contributed by atoms with Crippen LogP contribution in [-0.2, 0) is 32.7 Å². The third-order valence-corrected chi connectivity index (χ3v) is 1.39. The molecule has 0 aliphatic carbocycles. The van der Waals surface area contributed by atoms with E-state index >= 15 is 0 Å². The SMILES string of the molecule is [Y].[c-]1cnncc1-c1[c-]cccn1. The van der Waals surface area contributed by atoms with Crippen LogP contribution >= 0.6 is 0 Å². The van der Waals surface area contributed by atoms with Crippen molar-refractivity contribution in [3.63, 3.8) is 0 Å². The Morgan fingerprint density at radius 2 is 2.08 bits per heavy atom. The van der Waals surface area contributed by atoms with Gasteiger partial charge in [0.25, 0.3) is 0 Å². The Kier molecular flexibility index (Phi) is 4.12. The summed E-state index contributed by atoms with van der Waals surface area (Å²) < 4.78 is 0. The van der Waals surface area contributed by atoms with Crippen LogP contribution in [0.4, 0.5) is 0 Å². The van der Waals surface area contributed by atoms with Crippen molar-refractivity contribution in [3.8, 4) is 11.3 Å². The monoisotopic (exact) mass is 244 g/mol. The van der Waals surface area contributed by atoms with Crippen LogP contribution in [0.3, 0.4) is 0 Å². The van der Waals surface area contributed by atoms with Crippen LogP contribution < -0.4 is 0 Å². The minimum Gasteiger partial charge on any atom is -0.360 e. The Hall–Kier alpha value is -0.666. The Bertz CT molecular complexity index is 312. The van der Waals surface area contributed by atoms with Crippen LogP contribution in [0.5, 0.6) is 0 Å². The van der Waals surface area contributed by atoms with E-state index in [1.807, 2.05) is 6.07 Å². The molecule has 0 atom stereocenters. The second-order valence-corrected chi connectivity index (χ2v) is 2.18. The van der Waals surface area contributed by atoms with Gasteiger partial charge in [-0.3, -0.25) is 0 Å². The standard InChI is InChI=1S/C9H5N3.Y/c1-2-5-10-9(3-1)8-4-6-11-12-7-8;/h1-2,5-7H;/q-2;. The zero-order valence-electron chi connectivity index (χ0n) is 6.81. The van der Waals surface area contributed by atoms with Crippen molar-refractivity contribution in [2.24, 2.45) is 0 Å². The Labute approximate surface area is 101 Å². The molecule has 4 heteroatoms. The molecular weight excluding hydrogens is 239 g/mol. The van der Waals surface area contributed by atoms with Crippen LogP contribution in [0.15, 0.2) is 30.7 Å². The molecule has 0 aliphatic heterocycles. The van der Waals surface area contributed by atoms with Crippen molar-refractivity contribution in [2.75, 3.05) is 0 Å². The van der Waals surface area contributed by atoms with Crippen LogP contribution in [0, 0.1) is 12.1 Å². The van der Waals surface area contributed by atoms with E-state index in [9.17, 15) is 0 Å². The van der Waals surface area contributed by atoms with E-state index in [4.69, 9.17) is 0 Å². The number of aromatic nitrogens is 3. The second kappa shape index (κ2) is 5.15. The van der Waals surface area contributed by atoms with Crippen molar-refractivity contribution < 1.29 is 32.7 Å². The van der Waals surface area contributed by atoms with E-state index in [-0.39, 0.29) is 32.7 Å². The minimum atomic E-state index is 0. The maximum absolute atomic E-state index is 4.09. The maximum atomic E-state index is 4.09. The molecule has 0 spiro atoms. The van der Waals surface area contributed by atoms with Gasteiger partial charge < -0.3 is 4.98 Å². The molecule has 61 valence electrons. The van der Waals surface area contributed by atoms with Crippen molar-refractivity contribution in [1.82, 2.24) is 15.2 Å². The molecule has 3 nitrogen and oxygen atoms in total. The quantitative estimate of drug-likeness (QED) is 0.706. The van der Waals surface area contributed by atoms with Crippen molar-refractivity contribution >= 4 is 0 Å². The number of rotatable bonds is 1. The van der Waals surface area contributed by atoms with Gasteiger partial charge in [0.15, 0.2) is 0 Å². The van der Waals surface area contributed by atoms with Crippen molar-refractivity contribution in [3.05, 3.63) is 42.9 Å². The molecule has 0 aromatic carbocycles. The van der Waals surface area contributed by atoms with E-state index in [1.54, 1.807) is 18.5 Å². The first-order valence-corrected chi connectivity index (χ1v) is 3.48. The number of pyridine rings is 1. The molecule has 0 aliphatic rings. The zero-order chi connectivity index (χ0) is 8.23. The summed E-state index contributed by atoms with van der Waals surface area (Å²) >= 11 is 0. The fourth-order valence-corrected chi connectivity index (χ4v) is 0.862. The first kappa shape index (κ1) is 10.4. The summed E-state index contributed by atoms with van der Waals surface area (Å²) in [6, 6.07) is 9.51. The van der Waals surface area contributed by atoms with Crippen LogP contribution in [-0.4, -0.2) is 15.2 Å². The van der Waals surface area contributed by atoms with E-state index in [0.717, 1.165) is 11.3 Å². The molecule has 2 aromatic heterocycles. The Morgan fingerprint density at radius 1 is 1.15 bits per heavy atom. The summed E-state index contributed by atoms with van der Waals surface area (Å²) in [6.45, 7) is 0. The molecule has 0 fully saturated rings. The second-order valence-electron chi connectivity index (χ2n) is 2.18. The Balaban J connectivity index is 0.000000845. The van der Waals surface area contributed by atoms with E-state index < -0.39 is 0 Å². The largest absolute Gasteiger partial charge is 0.360 e. The smallest absolute Gasteiger partial charge is 0 e. The molecule has 2 rings (SSSR count). The first-order chi connectivity index (χ1) is 5.97. The average molecular weight is 244 g/mol. The van der Waals surface area contributed by atoms with Gasteiger partial charge in [-0.1, -0.05) is 0 Å². The predicted octanol–water partition coefficient (Wildman–Crippen LogP) is 1.14. The van der Waals surface area contributed by atoms with E-state index in [1.165, 1.54) is 6.20 Å². The molecule has 0 amide bonds. The van der Waals surface area contributed by atoms with Gasteiger partial charge in [0.2, 0.25) is 0 Å². The molecule has 0 N–H and O–H groups in total. The van der Waals surface area contributed by atoms with Gasteiger partial charge in [0.05, 0.1) is 0 Å². The van der Waals surface area contributed by atoms with Gasteiger partial charge in [-0.15, -0.1) is 12.3 Å². The van der Waals surface area contributed by atoms with Crippen LogP contribution in [0.2, 0.25) is 0 Å². The molecule has 0 bridgehead atoms. The van der Waals surface area contributed by atoms with Gasteiger partial charge in [0, 0.05) is 32.7 Å². The molecule has 0 saturated carbocycles. The summed E-state index contributed by atoms with van der Waals surface area (Å²) in [7, 11) is 0. The Morgan fingerprint density at radius 3 is 2.69 bits per heavy atom. The third-order valence-electron chi connectivity index (χ3n) is 1.39. The molecular formula is C9H5N3Y-2. The number of hydrogen-bond donors (Lipinski definition) is 0. The maximum Gasteiger partial charge on any atom is 0 e. The van der Waals surface area contributed by atoms with Crippen molar-refractivity contribution in [2.45, 2.75) is 0 Å². The summed E-state index contributed by atoms with van der Waals surface area (Å²) in [4.78, 5) is 4.09. The summed E-state index contributed by atoms with van der Waals surface area (Å²) in [6.07, 6.45) is 4.83. The van der Waals surface area contributed by atoms with Gasteiger partial charge in [0.1, 0.15) is 0 Å². The summed E-state index contributed by atoms with van der Waals surface area (Å²) in [5.74, 6) is 0. The zero-order valence-corrected chi connectivity index (χ0v) is 9.64. The fourth-order valence-electron chi connectivity index (χ4n) is 0.862. The van der Waals surface area contributed by atoms with Gasteiger partial charge in [-0.2, -0.15) is 16.9 Å². The molecule has 0 saturated heterocycles. The van der Waals surface area contributed by atoms with E-state index in [2.05, 4.69) is 27.3 Å². The van der Waals surface area contributed by atoms with Crippen LogP contribution in [0.25, 0.3) is 11.3 Å². The molecule has 1 radical (unpaired) electrons. The normalized spacial score (nSPS) is 8.92. The summed E-state index contributed by atoms with van der Waals surface area (Å²) in [5, 5.41) is 7.34. The van der Waals surface area contributed by atoms with Crippen LogP contribution in [0.1, 0.15) is 0 Å². The van der Waals surface area contributed by atoms with Gasteiger partial charge in [-0.05, 0) is 12.4 Å². The van der Waals surface area contributed by atoms with Crippen molar-refractivity contribution in [1.29, 1.82) is 0 Å². The number of hydrogen-bond acceptors (Lipinski definition) is 3. The fraction of sp³-hybridized carbons (Fsp3) is 0. The molecule has 13 heavy (non-hydrogen) atoms.